The topological polar surface area (TPSA) is 36.3 Å². The van der Waals surface area contributed by atoms with Crippen LogP contribution in [-0.2, 0) is 0 Å². The van der Waals surface area contributed by atoms with Crippen molar-refractivity contribution in [2.24, 2.45) is 0 Å². The molecule has 0 spiro atoms. The van der Waals surface area contributed by atoms with Gasteiger partial charge in [0.1, 0.15) is 11.8 Å². The van der Waals surface area contributed by atoms with Crippen LogP contribution in [0.15, 0.2) is 18.2 Å². The van der Waals surface area contributed by atoms with Crippen molar-refractivity contribution in [1.29, 1.82) is 5.26 Å². The highest BCUT2D eigenvalue weighted by atomic mass is 16.5. The molecule has 0 aliphatic rings. The average Bonchev–Trinajstić information content (AvgIpc) is 2.29. The van der Waals surface area contributed by atoms with Crippen molar-refractivity contribution in [2.45, 2.75) is 25.8 Å². The highest BCUT2D eigenvalue weighted by Gasteiger charge is 2.16. The van der Waals surface area contributed by atoms with Crippen LogP contribution in [0.25, 0.3) is 0 Å². The summed E-state index contributed by atoms with van der Waals surface area (Å²) < 4.78 is 5.34. The maximum Gasteiger partial charge on any atom is 0.123 e. The van der Waals surface area contributed by atoms with E-state index in [4.69, 9.17) is 4.74 Å². The summed E-state index contributed by atoms with van der Waals surface area (Å²) in [5.41, 5.74) is 2.16. The Bertz CT molecular complexity index is 419. The van der Waals surface area contributed by atoms with Crippen molar-refractivity contribution < 1.29 is 4.74 Å². The zero-order valence-corrected chi connectivity index (χ0v) is 11.2. The Morgan fingerprint density at radius 3 is 2.35 bits per heavy atom. The Hall–Kier alpha value is -1.53. The first kappa shape index (κ1) is 13.5. The minimum atomic E-state index is -0.210. The molecule has 1 rings (SSSR count). The molecule has 0 radical (unpaired) electrons. The molecule has 0 saturated carbocycles. The lowest BCUT2D eigenvalue weighted by Crippen LogP contribution is -2.18. The van der Waals surface area contributed by atoms with Gasteiger partial charge in [0.2, 0.25) is 0 Å². The summed E-state index contributed by atoms with van der Waals surface area (Å²) in [6.07, 6.45) is 0. The third-order valence-corrected chi connectivity index (χ3v) is 2.83. The maximum atomic E-state index is 9.18. The average molecular weight is 232 g/mol. The van der Waals surface area contributed by atoms with Gasteiger partial charge in [0, 0.05) is 0 Å². The fourth-order valence-electron chi connectivity index (χ4n) is 1.86. The highest BCUT2D eigenvalue weighted by molar-refractivity contribution is 5.41. The van der Waals surface area contributed by atoms with Crippen molar-refractivity contribution >= 4 is 0 Å². The van der Waals surface area contributed by atoms with Crippen molar-refractivity contribution in [3.05, 3.63) is 29.3 Å². The van der Waals surface area contributed by atoms with Gasteiger partial charge in [-0.25, -0.2) is 0 Å². The van der Waals surface area contributed by atoms with E-state index in [1.807, 2.05) is 31.1 Å². The summed E-state index contributed by atoms with van der Waals surface area (Å²) in [6.45, 7) is 4.25. The number of nitriles is 1. The van der Waals surface area contributed by atoms with Crippen LogP contribution in [0.3, 0.4) is 0 Å². The molecule has 0 heterocycles. The molecule has 0 bridgehead atoms. The molecule has 1 aromatic rings. The lowest BCUT2D eigenvalue weighted by Gasteiger charge is -2.20. The van der Waals surface area contributed by atoms with Gasteiger partial charge < -0.3 is 4.74 Å². The summed E-state index contributed by atoms with van der Waals surface area (Å²) in [5, 5.41) is 9.18. The minimum Gasteiger partial charge on any atom is -0.496 e. The molecule has 0 amide bonds. The largest absolute Gasteiger partial charge is 0.496 e. The Morgan fingerprint density at radius 1 is 1.29 bits per heavy atom. The number of rotatable bonds is 4. The summed E-state index contributed by atoms with van der Waals surface area (Å²) in [7, 11) is 5.49. The second-order valence-corrected chi connectivity index (χ2v) is 4.65. The third kappa shape index (κ3) is 2.98. The minimum absolute atomic E-state index is 0.210. The van der Waals surface area contributed by atoms with Crippen LogP contribution >= 0.6 is 0 Å². The van der Waals surface area contributed by atoms with Gasteiger partial charge in [0.05, 0.1) is 13.2 Å². The van der Waals surface area contributed by atoms with Crippen LogP contribution in [0.4, 0.5) is 0 Å². The van der Waals surface area contributed by atoms with E-state index in [0.29, 0.717) is 5.92 Å². The van der Waals surface area contributed by atoms with Crippen LogP contribution < -0.4 is 4.74 Å². The van der Waals surface area contributed by atoms with Crippen molar-refractivity contribution in [2.75, 3.05) is 21.2 Å². The standard InChI is InChI=1S/C14H20N2O/c1-10(2)12-8-11(6-7-14(12)17-5)13(9-15)16(3)4/h6-8,10,13H,1-5H3. The first-order chi connectivity index (χ1) is 8.01. The molecule has 92 valence electrons. The van der Waals surface area contributed by atoms with Gasteiger partial charge in [-0.15, -0.1) is 0 Å². The van der Waals surface area contributed by atoms with E-state index in [2.05, 4.69) is 26.0 Å². The predicted molar refractivity (Wildman–Crippen MR) is 69.1 cm³/mol. The van der Waals surface area contributed by atoms with Crippen molar-refractivity contribution in [3.8, 4) is 11.8 Å². The van der Waals surface area contributed by atoms with Crippen LogP contribution in [-0.4, -0.2) is 26.1 Å². The SMILES string of the molecule is COc1ccc(C(C#N)N(C)C)cc1C(C)C. The molecule has 1 aromatic carbocycles. The lowest BCUT2D eigenvalue weighted by molar-refractivity contribution is 0.357. The molecule has 1 unspecified atom stereocenters. The second-order valence-electron chi connectivity index (χ2n) is 4.65. The number of methoxy groups -OCH3 is 1. The normalized spacial score (nSPS) is 12.6. The molecule has 0 aliphatic carbocycles. The molecule has 0 N–H and O–H groups in total. The molecule has 3 heteroatoms. The van der Waals surface area contributed by atoms with E-state index in [1.165, 1.54) is 0 Å². The third-order valence-electron chi connectivity index (χ3n) is 2.83. The van der Waals surface area contributed by atoms with Crippen LogP contribution in [0.5, 0.6) is 5.75 Å². The Balaban J connectivity index is 3.21. The quantitative estimate of drug-likeness (QED) is 0.800. The predicted octanol–water partition coefficient (Wildman–Crippen LogP) is 2.94. The van der Waals surface area contributed by atoms with Gasteiger partial charge >= 0.3 is 0 Å². The van der Waals surface area contributed by atoms with E-state index in [1.54, 1.807) is 7.11 Å². The molecule has 0 saturated heterocycles. The summed E-state index contributed by atoms with van der Waals surface area (Å²) in [5.74, 6) is 1.27. The van der Waals surface area contributed by atoms with Gasteiger partial charge in [0.25, 0.3) is 0 Å². The van der Waals surface area contributed by atoms with E-state index < -0.39 is 0 Å². The fraction of sp³-hybridized carbons (Fsp3) is 0.500. The lowest BCUT2D eigenvalue weighted by atomic mass is 9.96. The van der Waals surface area contributed by atoms with E-state index >= 15 is 0 Å². The van der Waals surface area contributed by atoms with Crippen molar-refractivity contribution in [3.63, 3.8) is 0 Å². The Kier molecular flexibility index (Phi) is 4.53. The van der Waals surface area contributed by atoms with Gasteiger partial charge in [-0.2, -0.15) is 5.26 Å². The number of hydrogen-bond donors (Lipinski definition) is 0. The fourth-order valence-corrected chi connectivity index (χ4v) is 1.86. The molecule has 0 aromatic heterocycles. The van der Waals surface area contributed by atoms with Crippen molar-refractivity contribution in [1.82, 2.24) is 4.90 Å². The molecule has 0 fully saturated rings. The molecule has 0 aliphatic heterocycles. The summed E-state index contributed by atoms with van der Waals surface area (Å²) in [4.78, 5) is 1.91. The van der Waals surface area contributed by atoms with E-state index in [9.17, 15) is 5.26 Å². The second kappa shape index (κ2) is 5.70. The van der Waals surface area contributed by atoms with Crippen LogP contribution in [0, 0.1) is 11.3 Å². The molecule has 17 heavy (non-hydrogen) atoms. The monoisotopic (exact) mass is 232 g/mol. The number of nitrogens with zero attached hydrogens (tertiary/aromatic N) is 2. The summed E-state index contributed by atoms with van der Waals surface area (Å²) in [6, 6.07) is 8.06. The first-order valence-corrected chi connectivity index (χ1v) is 5.75. The van der Waals surface area contributed by atoms with Gasteiger partial charge in [0.15, 0.2) is 0 Å². The number of ether oxygens (including phenoxy) is 1. The Labute approximate surface area is 104 Å². The van der Waals surface area contributed by atoms with Crippen LogP contribution in [0.2, 0.25) is 0 Å². The van der Waals surface area contributed by atoms with Crippen LogP contribution in [0.1, 0.15) is 36.9 Å². The van der Waals surface area contributed by atoms with Gasteiger partial charge in [-0.3, -0.25) is 4.90 Å². The number of hydrogen-bond acceptors (Lipinski definition) is 3. The summed E-state index contributed by atoms with van der Waals surface area (Å²) >= 11 is 0. The van der Waals surface area contributed by atoms with Gasteiger partial charge in [-0.05, 0) is 43.3 Å². The molecular weight excluding hydrogens is 212 g/mol. The maximum absolute atomic E-state index is 9.18. The Morgan fingerprint density at radius 2 is 1.94 bits per heavy atom. The zero-order chi connectivity index (χ0) is 13.0. The smallest absolute Gasteiger partial charge is 0.123 e. The molecular formula is C14H20N2O. The molecule has 1 atom stereocenters. The number of benzene rings is 1. The first-order valence-electron chi connectivity index (χ1n) is 5.75. The molecule has 3 nitrogen and oxygen atoms in total. The van der Waals surface area contributed by atoms with E-state index in [0.717, 1.165) is 16.9 Å². The van der Waals surface area contributed by atoms with E-state index in [-0.39, 0.29) is 6.04 Å². The van der Waals surface area contributed by atoms with Gasteiger partial charge in [-0.1, -0.05) is 19.9 Å². The highest BCUT2D eigenvalue weighted by Crippen LogP contribution is 2.30. The zero-order valence-electron chi connectivity index (χ0n) is 11.2.